The SMILES string of the molecule is CSc1ccc(NC(C)c2ccc(N(C)C)cc2)cc1. The van der Waals surface area contributed by atoms with Crippen LogP contribution in [0.4, 0.5) is 11.4 Å². The van der Waals surface area contributed by atoms with Gasteiger partial charge in [-0.1, -0.05) is 12.1 Å². The van der Waals surface area contributed by atoms with Crippen LogP contribution in [0.15, 0.2) is 53.4 Å². The first-order chi connectivity index (χ1) is 9.60. The minimum absolute atomic E-state index is 0.298. The van der Waals surface area contributed by atoms with Crippen LogP contribution < -0.4 is 10.2 Å². The Hall–Kier alpha value is -1.61. The number of benzene rings is 2. The molecule has 0 heterocycles. The predicted octanol–water partition coefficient (Wildman–Crippen LogP) is 4.65. The lowest BCUT2D eigenvalue weighted by atomic mass is 10.1. The molecule has 3 heteroatoms. The molecule has 0 saturated carbocycles. The number of nitrogens with zero attached hydrogens (tertiary/aromatic N) is 1. The van der Waals surface area contributed by atoms with Crippen molar-refractivity contribution in [2.75, 3.05) is 30.6 Å². The third kappa shape index (κ3) is 3.70. The van der Waals surface area contributed by atoms with Gasteiger partial charge in [0, 0.05) is 36.4 Å². The quantitative estimate of drug-likeness (QED) is 0.806. The van der Waals surface area contributed by atoms with E-state index in [9.17, 15) is 0 Å². The standard InChI is InChI=1S/C17H22N2S/c1-13(14-5-9-16(10-6-14)19(2)3)18-15-7-11-17(20-4)12-8-15/h5-13,18H,1-4H3. The number of rotatable bonds is 5. The third-order valence-electron chi connectivity index (χ3n) is 3.38. The summed E-state index contributed by atoms with van der Waals surface area (Å²) in [6.45, 7) is 2.19. The summed E-state index contributed by atoms with van der Waals surface area (Å²) in [4.78, 5) is 3.40. The van der Waals surface area contributed by atoms with Gasteiger partial charge < -0.3 is 10.2 Å². The van der Waals surface area contributed by atoms with Crippen molar-refractivity contribution in [3.63, 3.8) is 0 Å². The van der Waals surface area contributed by atoms with Crippen molar-refractivity contribution in [2.45, 2.75) is 17.9 Å². The van der Waals surface area contributed by atoms with Crippen molar-refractivity contribution in [3.8, 4) is 0 Å². The summed E-state index contributed by atoms with van der Waals surface area (Å²) < 4.78 is 0. The Kier molecular flexibility index (Phi) is 4.96. The van der Waals surface area contributed by atoms with E-state index in [2.05, 4.69) is 86.0 Å². The van der Waals surface area contributed by atoms with E-state index in [1.54, 1.807) is 11.8 Å². The Bertz CT molecular complexity index is 532. The molecule has 2 nitrogen and oxygen atoms in total. The molecule has 2 aromatic carbocycles. The van der Waals surface area contributed by atoms with Crippen LogP contribution in [0.3, 0.4) is 0 Å². The van der Waals surface area contributed by atoms with E-state index in [1.165, 1.54) is 16.1 Å². The molecular formula is C17H22N2S. The highest BCUT2D eigenvalue weighted by Gasteiger charge is 2.05. The first-order valence-electron chi connectivity index (χ1n) is 6.78. The number of nitrogens with one attached hydrogen (secondary N) is 1. The van der Waals surface area contributed by atoms with E-state index in [0.29, 0.717) is 6.04 Å². The second kappa shape index (κ2) is 6.71. The van der Waals surface area contributed by atoms with E-state index in [0.717, 1.165) is 5.69 Å². The zero-order valence-electron chi connectivity index (χ0n) is 12.6. The summed E-state index contributed by atoms with van der Waals surface area (Å²) in [6, 6.07) is 17.5. The Morgan fingerprint density at radius 1 is 0.950 bits per heavy atom. The maximum absolute atomic E-state index is 3.54. The highest BCUT2D eigenvalue weighted by atomic mass is 32.2. The fourth-order valence-electron chi connectivity index (χ4n) is 2.08. The molecule has 0 saturated heterocycles. The minimum atomic E-state index is 0.298. The summed E-state index contributed by atoms with van der Waals surface area (Å²) in [7, 11) is 4.12. The normalized spacial score (nSPS) is 12.0. The van der Waals surface area contributed by atoms with Crippen LogP contribution in [0, 0.1) is 0 Å². The molecule has 20 heavy (non-hydrogen) atoms. The zero-order chi connectivity index (χ0) is 14.5. The molecule has 0 aliphatic rings. The Balaban J connectivity index is 2.04. The molecule has 1 N–H and O–H groups in total. The van der Waals surface area contributed by atoms with Crippen LogP contribution in [0.25, 0.3) is 0 Å². The lowest BCUT2D eigenvalue weighted by Crippen LogP contribution is -2.10. The molecule has 0 bridgehead atoms. The Morgan fingerprint density at radius 3 is 2.05 bits per heavy atom. The van der Waals surface area contributed by atoms with Gasteiger partial charge >= 0.3 is 0 Å². The second-order valence-electron chi connectivity index (χ2n) is 5.08. The van der Waals surface area contributed by atoms with Gasteiger partial charge in [0.1, 0.15) is 0 Å². The minimum Gasteiger partial charge on any atom is -0.379 e. The van der Waals surface area contributed by atoms with E-state index in [1.807, 2.05) is 0 Å². The van der Waals surface area contributed by atoms with E-state index in [4.69, 9.17) is 0 Å². The van der Waals surface area contributed by atoms with Gasteiger partial charge in [-0.3, -0.25) is 0 Å². The van der Waals surface area contributed by atoms with Crippen LogP contribution in [0.2, 0.25) is 0 Å². The molecule has 0 aliphatic heterocycles. The smallest absolute Gasteiger partial charge is 0.0485 e. The van der Waals surface area contributed by atoms with Gasteiger partial charge in [0.15, 0.2) is 0 Å². The summed E-state index contributed by atoms with van der Waals surface area (Å²) in [5.74, 6) is 0. The van der Waals surface area contributed by atoms with E-state index < -0.39 is 0 Å². The number of anilines is 2. The number of thioether (sulfide) groups is 1. The van der Waals surface area contributed by atoms with Crippen LogP contribution in [0.1, 0.15) is 18.5 Å². The van der Waals surface area contributed by atoms with Crippen molar-refractivity contribution in [1.82, 2.24) is 0 Å². The van der Waals surface area contributed by atoms with E-state index >= 15 is 0 Å². The molecule has 2 rings (SSSR count). The van der Waals surface area contributed by atoms with Crippen LogP contribution in [0.5, 0.6) is 0 Å². The predicted molar refractivity (Wildman–Crippen MR) is 91.0 cm³/mol. The van der Waals surface area contributed by atoms with Crippen molar-refractivity contribution in [1.29, 1.82) is 0 Å². The van der Waals surface area contributed by atoms with Gasteiger partial charge in [0.05, 0.1) is 0 Å². The van der Waals surface area contributed by atoms with Gasteiger partial charge in [-0.15, -0.1) is 11.8 Å². The summed E-state index contributed by atoms with van der Waals surface area (Å²) >= 11 is 1.76. The van der Waals surface area contributed by atoms with Crippen molar-refractivity contribution >= 4 is 23.1 Å². The first kappa shape index (κ1) is 14.8. The first-order valence-corrected chi connectivity index (χ1v) is 8.00. The molecule has 2 aromatic rings. The van der Waals surface area contributed by atoms with Crippen molar-refractivity contribution < 1.29 is 0 Å². The maximum atomic E-state index is 3.54. The molecule has 0 fully saturated rings. The van der Waals surface area contributed by atoms with E-state index in [-0.39, 0.29) is 0 Å². The van der Waals surface area contributed by atoms with Crippen LogP contribution in [-0.4, -0.2) is 20.4 Å². The lowest BCUT2D eigenvalue weighted by Gasteiger charge is -2.18. The largest absolute Gasteiger partial charge is 0.379 e. The molecular weight excluding hydrogens is 264 g/mol. The van der Waals surface area contributed by atoms with Crippen LogP contribution >= 0.6 is 11.8 Å². The molecule has 1 atom stereocenters. The van der Waals surface area contributed by atoms with Gasteiger partial charge in [0.2, 0.25) is 0 Å². The van der Waals surface area contributed by atoms with Gasteiger partial charge in [0.25, 0.3) is 0 Å². The molecule has 0 radical (unpaired) electrons. The van der Waals surface area contributed by atoms with Crippen LogP contribution in [-0.2, 0) is 0 Å². The highest BCUT2D eigenvalue weighted by molar-refractivity contribution is 7.98. The zero-order valence-corrected chi connectivity index (χ0v) is 13.4. The monoisotopic (exact) mass is 286 g/mol. The molecule has 0 spiro atoms. The average Bonchev–Trinajstić information content (AvgIpc) is 2.48. The number of hydrogen-bond donors (Lipinski definition) is 1. The molecule has 0 amide bonds. The lowest BCUT2D eigenvalue weighted by molar-refractivity contribution is 0.884. The van der Waals surface area contributed by atoms with Gasteiger partial charge in [-0.25, -0.2) is 0 Å². The Labute approximate surface area is 126 Å². The summed E-state index contributed by atoms with van der Waals surface area (Å²) in [6.07, 6.45) is 2.09. The maximum Gasteiger partial charge on any atom is 0.0485 e. The molecule has 106 valence electrons. The fourth-order valence-corrected chi connectivity index (χ4v) is 2.49. The highest BCUT2D eigenvalue weighted by Crippen LogP contribution is 2.23. The molecule has 1 unspecified atom stereocenters. The average molecular weight is 286 g/mol. The van der Waals surface area contributed by atoms with Gasteiger partial charge in [-0.2, -0.15) is 0 Å². The molecule has 0 aromatic heterocycles. The second-order valence-corrected chi connectivity index (χ2v) is 5.96. The third-order valence-corrected chi connectivity index (χ3v) is 4.13. The van der Waals surface area contributed by atoms with Crippen molar-refractivity contribution in [2.24, 2.45) is 0 Å². The summed E-state index contributed by atoms with van der Waals surface area (Å²) in [5.41, 5.74) is 3.68. The van der Waals surface area contributed by atoms with Gasteiger partial charge in [-0.05, 0) is 55.1 Å². The number of hydrogen-bond acceptors (Lipinski definition) is 3. The van der Waals surface area contributed by atoms with Crippen molar-refractivity contribution in [3.05, 3.63) is 54.1 Å². The Morgan fingerprint density at radius 2 is 1.55 bits per heavy atom. The molecule has 0 aliphatic carbocycles. The fraction of sp³-hybridized carbons (Fsp3) is 0.294. The summed E-state index contributed by atoms with van der Waals surface area (Å²) in [5, 5.41) is 3.54. The topological polar surface area (TPSA) is 15.3 Å².